The molecule has 0 aliphatic carbocycles. The van der Waals surface area contributed by atoms with Gasteiger partial charge in [0.15, 0.2) is 5.56 Å². The van der Waals surface area contributed by atoms with Crippen LogP contribution in [0.25, 0.3) is 22.2 Å². The Hall–Kier alpha value is -3.84. The molecule has 7 heteroatoms. The highest BCUT2D eigenvalue weighted by Crippen LogP contribution is 2.32. The number of rotatable bonds is 7. The van der Waals surface area contributed by atoms with E-state index in [1.807, 2.05) is 43.4 Å². The quantitative estimate of drug-likeness (QED) is 0.338. The molecule has 0 saturated heterocycles. The number of pyridine rings is 1. The van der Waals surface area contributed by atoms with E-state index in [1.54, 1.807) is 6.92 Å². The van der Waals surface area contributed by atoms with E-state index in [-0.39, 0.29) is 6.04 Å². The number of aromatic nitrogens is 2. The van der Waals surface area contributed by atoms with Crippen LogP contribution in [0.4, 0.5) is 0 Å². The summed E-state index contributed by atoms with van der Waals surface area (Å²) >= 11 is 0. The average Bonchev–Trinajstić information content (AvgIpc) is 3.12. The third kappa shape index (κ3) is 4.15. The molecular formula is C26H27N3O4. The zero-order chi connectivity index (χ0) is 23.7. The predicted octanol–water partition coefficient (Wildman–Crippen LogP) is 4.35. The fourth-order valence-corrected chi connectivity index (χ4v) is 4.27. The second-order valence-corrected chi connectivity index (χ2v) is 8.17. The number of carboxylic acids is 1. The molecule has 0 bridgehead atoms. The standard InChI is InChI=1S/C26H27N3O4/c1-4-20-23(28-25(31)22(24(20)30)26(32)33)17-10-11-21-18(12-17)13-19(29(21)3)14-27-15(2)16-8-6-5-7-9-16/h5-13,15,27H,4,14H2,1-3H3,(H,32,33)(H2,28,30,31)/t15-/m0/s1. The van der Waals surface area contributed by atoms with E-state index in [0.29, 0.717) is 29.8 Å². The van der Waals surface area contributed by atoms with Gasteiger partial charge in [-0.25, -0.2) is 4.79 Å². The fourth-order valence-electron chi connectivity index (χ4n) is 4.27. The number of benzene rings is 2. The van der Waals surface area contributed by atoms with E-state index in [2.05, 4.69) is 40.0 Å². The number of aromatic carboxylic acids is 1. The Morgan fingerprint density at radius 1 is 1.15 bits per heavy atom. The highest BCUT2D eigenvalue weighted by Gasteiger charge is 2.22. The van der Waals surface area contributed by atoms with Gasteiger partial charge in [0.1, 0.15) is 5.75 Å². The third-order valence-corrected chi connectivity index (χ3v) is 6.18. The Kier molecular flexibility index (Phi) is 6.07. The lowest BCUT2D eigenvalue weighted by Crippen LogP contribution is -2.20. The summed E-state index contributed by atoms with van der Waals surface area (Å²) in [6.45, 7) is 4.62. The van der Waals surface area contributed by atoms with Gasteiger partial charge in [-0.05, 0) is 42.7 Å². The normalized spacial score (nSPS) is 12.2. The molecule has 170 valence electrons. The molecule has 4 N–H and O–H groups in total. The van der Waals surface area contributed by atoms with Crippen LogP contribution in [0.5, 0.6) is 5.75 Å². The molecule has 2 aromatic heterocycles. The zero-order valence-electron chi connectivity index (χ0n) is 18.8. The summed E-state index contributed by atoms with van der Waals surface area (Å²) < 4.78 is 2.12. The number of carboxylic acid groups (broad SMARTS) is 1. The first-order chi connectivity index (χ1) is 15.8. The van der Waals surface area contributed by atoms with Crippen molar-refractivity contribution in [2.24, 2.45) is 7.05 Å². The van der Waals surface area contributed by atoms with Crippen molar-refractivity contribution in [3.05, 3.63) is 87.3 Å². The molecule has 33 heavy (non-hydrogen) atoms. The Morgan fingerprint density at radius 3 is 2.55 bits per heavy atom. The monoisotopic (exact) mass is 445 g/mol. The number of hydrogen-bond donors (Lipinski definition) is 4. The Bertz CT molecular complexity index is 1390. The topological polar surface area (TPSA) is 107 Å². The minimum absolute atomic E-state index is 0.202. The van der Waals surface area contributed by atoms with E-state index in [4.69, 9.17) is 0 Å². The highest BCUT2D eigenvalue weighted by atomic mass is 16.4. The zero-order valence-corrected chi connectivity index (χ0v) is 18.8. The van der Waals surface area contributed by atoms with E-state index in [0.717, 1.165) is 16.6 Å². The first kappa shape index (κ1) is 22.4. The second kappa shape index (κ2) is 8.96. The largest absolute Gasteiger partial charge is 0.506 e. The van der Waals surface area contributed by atoms with Gasteiger partial charge in [0.25, 0.3) is 5.56 Å². The average molecular weight is 446 g/mol. The molecular weight excluding hydrogens is 418 g/mol. The van der Waals surface area contributed by atoms with Crippen molar-refractivity contribution in [3.63, 3.8) is 0 Å². The van der Waals surface area contributed by atoms with Crippen LogP contribution in [0.15, 0.2) is 59.4 Å². The van der Waals surface area contributed by atoms with Gasteiger partial charge in [0.05, 0.1) is 5.69 Å². The van der Waals surface area contributed by atoms with Crippen molar-refractivity contribution in [1.29, 1.82) is 0 Å². The van der Waals surface area contributed by atoms with Gasteiger partial charge in [0, 0.05) is 41.8 Å². The highest BCUT2D eigenvalue weighted by molar-refractivity contribution is 5.92. The van der Waals surface area contributed by atoms with Crippen LogP contribution in [-0.2, 0) is 20.0 Å². The van der Waals surface area contributed by atoms with Crippen LogP contribution in [0.1, 0.15) is 47.1 Å². The Labute approximate surface area is 191 Å². The number of aromatic hydroxyl groups is 1. The minimum Gasteiger partial charge on any atom is -0.506 e. The maximum Gasteiger partial charge on any atom is 0.345 e. The maximum absolute atomic E-state index is 12.3. The molecule has 0 saturated carbocycles. The molecule has 0 unspecified atom stereocenters. The van der Waals surface area contributed by atoms with Crippen LogP contribution in [-0.4, -0.2) is 25.7 Å². The van der Waals surface area contributed by atoms with Crippen LogP contribution in [0.3, 0.4) is 0 Å². The van der Waals surface area contributed by atoms with Crippen LogP contribution >= 0.6 is 0 Å². The molecule has 4 rings (SSSR count). The first-order valence-corrected chi connectivity index (χ1v) is 10.9. The van der Waals surface area contributed by atoms with Crippen molar-refractivity contribution in [2.75, 3.05) is 0 Å². The molecule has 1 atom stereocenters. The van der Waals surface area contributed by atoms with Crippen molar-refractivity contribution < 1.29 is 15.0 Å². The maximum atomic E-state index is 12.3. The minimum atomic E-state index is -1.45. The summed E-state index contributed by atoms with van der Waals surface area (Å²) in [5.41, 5.74) is 3.48. The number of nitrogens with zero attached hydrogens (tertiary/aromatic N) is 1. The van der Waals surface area contributed by atoms with Gasteiger partial charge >= 0.3 is 5.97 Å². The SMILES string of the molecule is CCc1c(-c2ccc3c(c2)cc(CN[C@@H](C)c2ccccc2)n3C)[nH]c(=O)c(C(=O)O)c1O. The number of fused-ring (bicyclic) bond motifs is 1. The molecule has 2 aromatic carbocycles. The molecule has 2 heterocycles. The number of carbonyl (C=O) groups is 1. The molecule has 0 radical (unpaired) electrons. The van der Waals surface area contributed by atoms with E-state index in [1.165, 1.54) is 5.56 Å². The summed E-state index contributed by atoms with van der Waals surface area (Å²) in [6, 6.07) is 18.3. The molecule has 0 aliphatic rings. The molecule has 0 amide bonds. The van der Waals surface area contributed by atoms with E-state index >= 15 is 0 Å². The van der Waals surface area contributed by atoms with Crippen molar-refractivity contribution in [3.8, 4) is 17.0 Å². The van der Waals surface area contributed by atoms with E-state index in [9.17, 15) is 19.8 Å². The smallest absolute Gasteiger partial charge is 0.345 e. The fraction of sp³-hybridized carbons (Fsp3) is 0.231. The summed E-state index contributed by atoms with van der Waals surface area (Å²) in [7, 11) is 2.01. The molecule has 0 spiro atoms. The Morgan fingerprint density at radius 2 is 1.88 bits per heavy atom. The van der Waals surface area contributed by atoms with Crippen LogP contribution in [0.2, 0.25) is 0 Å². The lowest BCUT2D eigenvalue weighted by Gasteiger charge is -2.14. The number of nitrogens with one attached hydrogen (secondary N) is 2. The molecule has 4 aromatic rings. The third-order valence-electron chi connectivity index (χ3n) is 6.18. The van der Waals surface area contributed by atoms with Crippen LogP contribution in [0, 0.1) is 0 Å². The molecule has 0 fully saturated rings. The molecule has 0 aliphatic heterocycles. The predicted molar refractivity (Wildman–Crippen MR) is 129 cm³/mol. The summed E-state index contributed by atoms with van der Waals surface area (Å²) in [5, 5.41) is 24.3. The first-order valence-electron chi connectivity index (χ1n) is 10.9. The Balaban J connectivity index is 1.69. The number of hydrogen-bond acceptors (Lipinski definition) is 4. The van der Waals surface area contributed by atoms with Crippen molar-refractivity contribution in [1.82, 2.24) is 14.9 Å². The lowest BCUT2D eigenvalue weighted by atomic mass is 9.99. The second-order valence-electron chi connectivity index (χ2n) is 8.17. The van der Waals surface area contributed by atoms with E-state index < -0.39 is 22.8 Å². The van der Waals surface area contributed by atoms with Gasteiger partial charge in [-0.1, -0.05) is 43.3 Å². The van der Waals surface area contributed by atoms with Crippen molar-refractivity contribution in [2.45, 2.75) is 32.9 Å². The molecule has 7 nitrogen and oxygen atoms in total. The number of H-pyrrole nitrogens is 1. The van der Waals surface area contributed by atoms with Gasteiger partial charge in [-0.2, -0.15) is 0 Å². The summed E-state index contributed by atoms with van der Waals surface area (Å²) in [5.74, 6) is -1.92. The van der Waals surface area contributed by atoms with Crippen molar-refractivity contribution >= 4 is 16.9 Å². The van der Waals surface area contributed by atoms with Gasteiger partial charge < -0.3 is 25.1 Å². The number of aryl methyl sites for hydroxylation is 1. The van der Waals surface area contributed by atoms with Crippen LogP contribution < -0.4 is 10.9 Å². The number of aromatic amines is 1. The summed E-state index contributed by atoms with van der Waals surface area (Å²) in [4.78, 5) is 26.4. The van der Waals surface area contributed by atoms with Gasteiger partial charge in [-0.3, -0.25) is 4.79 Å². The summed E-state index contributed by atoms with van der Waals surface area (Å²) in [6.07, 6.45) is 0.373. The lowest BCUT2D eigenvalue weighted by molar-refractivity contribution is 0.0691. The van der Waals surface area contributed by atoms with Gasteiger partial charge in [-0.15, -0.1) is 0 Å². The van der Waals surface area contributed by atoms with Gasteiger partial charge in [0.2, 0.25) is 0 Å².